The molecule has 0 saturated heterocycles. The van der Waals surface area contributed by atoms with Crippen LogP contribution < -0.4 is 9.62 Å². The summed E-state index contributed by atoms with van der Waals surface area (Å²) in [5.41, 5.74) is 2.47. The van der Waals surface area contributed by atoms with E-state index in [1.807, 2.05) is 24.3 Å². The number of nitrogens with one attached hydrogen (secondary N) is 1. The Balaban J connectivity index is 1.83. The van der Waals surface area contributed by atoms with Gasteiger partial charge < -0.3 is 10.4 Å². The van der Waals surface area contributed by atoms with Gasteiger partial charge in [-0.15, -0.1) is 0 Å². The molecule has 0 aliphatic heterocycles. The highest BCUT2D eigenvalue weighted by molar-refractivity contribution is 7.90. The van der Waals surface area contributed by atoms with E-state index in [2.05, 4.69) is 5.32 Å². The van der Waals surface area contributed by atoms with E-state index in [0.717, 1.165) is 17.5 Å². The third kappa shape index (κ3) is 5.92. The molecule has 0 aromatic heterocycles. The molecule has 0 unspecified atom stereocenters. The molecule has 0 aliphatic rings. The van der Waals surface area contributed by atoms with Gasteiger partial charge in [0, 0.05) is 32.7 Å². The van der Waals surface area contributed by atoms with Gasteiger partial charge in [0.1, 0.15) is 0 Å². The number of rotatable bonds is 9. The van der Waals surface area contributed by atoms with Crippen molar-refractivity contribution in [2.45, 2.75) is 12.5 Å². The molecule has 0 spiro atoms. The molecule has 148 valence electrons. The Morgan fingerprint density at radius 1 is 1.11 bits per heavy atom. The Hall–Kier alpha value is -1.64. The maximum absolute atomic E-state index is 12.1. The zero-order chi connectivity index (χ0) is 20.0. The van der Waals surface area contributed by atoms with Crippen molar-refractivity contribution in [3.8, 4) is 0 Å². The van der Waals surface area contributed by atoms with Crippen LogP contribution in [0.2, 0.25) is 5.02 Å². The molecule has 0 amide bonds. The highest BCUT2D eigenvalue weighted by Gasteiger charge is 2.20. The Labute approximate surface area is 166 Å². The average molecular weight is 412 g/mol. The summed E-state index contributed by atoms with van der Waals surface area (Å²) in [5.74, 6) is 0. The molecule has 6 nitrogen and oxygen atoms in total. The van der Waals surface area contributed by atoms with Crippen LogP contribution in [0.15, 0.2) is 48.5 Å². The smallest absolute Gasteiger partial charge is 0.303 e. The molecule has 2 N–H and O–H groups in total. The first kappa shape index (κ1) is 21.7. The summed E-state index contributed by atoms with van der Waals surface area (Å²) in [7, 11) is 1.05. The van der Waals surface area contributed by atoms with Crippen molar-refractivity contribution in [2.24, 2.45) is 0 Å². The summed E-state index contributed by atoms with van der Waals surface area (Å²) in [5, 5.41) is 14.0. The standard InChI is InChI=1S/C19H26ClN3O3S/c1-22(2)27(25,26)23(3)18-9-7-15(8-10-18)11-12-21-14-19(24)16-5-4-6-17(20)13-16/h4-10,13,19,21,24H,11-12,14H2,1-3H3/t19-/m0/s1. The molecule has 0 fully saturated rings. The monoisotopic (exact) mass is 411 g/mol. The minimum absolute atomic E-state index is 0.433. The zero-order valence-electron chi connectivity index (χ0n) is 15.8. The highest BCUT2D eigenvalue weighted by Crippen LogP contribution is 2.19. The van der Waals surface area contributed by atoms with Gasteiger partial charge >= 0.3 is 10.2 Å². The molecule has 0 radical (unpaired) electrons. The minimum atomic E-state index is -3.49. The van der Waals surface area contributed by atoms with Crippen molar-refractivity contribution in [3.63, 3.8) is 0 Å². The van der Waals surface area contributed by atoms with Crippen LogP contribution in [0.1, 0.15) is 17.2 Å². The van der Waals surface area contributed by atoms with Gasteiger partial charge in [-0.25, -0.2) is 0 Å². The van der Waals surface area contributed by atoms with E-state index in [-0.39, 0.29) is 0 Å². The van der Waals surface area contributed by atoms with E-state index in [0.29, 0.717) is 23.8 Å². The lowest BCUT2D eigenvalue weighted by Crippen LogP contribution is -2.37. The second-order valence-corrected chi connectivity index (χ2v) is 9.06. The minimum Gasteiger partial charge on any atom is -0.387 e. The summed E-state index contributed by atoms with van der Waals surface area (Å²) in [6.07, 6.45) is 0.156. The second kappa shape index (κ2) is 9.52. The lowest BCUT2D eigenvalue weighted by atomic mass is 10.1. The number of aliphatic hydroxyl groups is 1. The fraction of sp³-hybridized carbons (Fsp3) is 0.368. The van der Waals surface area contributed by atoms with Crippen LogP contribution in [-0.4, -0.2) is 52.1 Å². The van der Waals surface area contributed by atoms with Crippen LogP contribution in [0, 0.1) is 0 Å². The molecule has 0 heterocycles. The Kier molecular flexibility index (Phi) is 7.64. The van der Waals surface area contributed by atoms with E-state index in [9.17, 15) is 13.5 Å². The van der Waals surface area contributed by atoms with Gasteiger partial charge in [0.25, 0.3) is 0 Å². The van der Waals surface area contributed by atoms with Crippen molar-refractivity contribution in [1.82, 2.24) is 9.62 Å². The zero-order valence-corrected chi connectivity index (χ0v) is 17.3. The summed E-state index contributed by atoms with van der Waals surface area (Å²) in [6.45, 7) is 1.13. The van der Waals surface area contributed by atoms with Crippen LogP contribution >= 0.6 is 11.6 Å². The summed E-state index contributed by atoms with van der Waals surface area (Å²) >= 11 is 5.94. The first-order valence-electron chi connectivity index (χ1n) is 8.61. The van der Waals surface area contributed by atoms with Crippen LogP contribution in [-0.2, 0) is 16.6 Å². The molecular weight excluding hydrogens is 386 g/mol. The Morgan fingerprint density at radius 2 is 1.78 bits per heavy atom. The van der Waals surface area contributed by atoms with Crippen molar-refractivity contribution in [1.29, 1.82) is 0 Å². The fourth-order valence-corrected chi connectivity index (χ4v) is 3.63. The van der Waals surface area contributed by atoms with E-state index < -0.39 is 16.3 Å². The first-order valence-corrected chi connectivity index (χ1v) is 10.4. The van der Waals surface area contributed by atoms with Crippen LogP contribution in [0.5, 0.6) is 0 Å². The average Bonchev–Trinajstić information content (AvgIpc) is 2.64. The molecule has 0 saturated carbocycles. The fourth-order valence-electron chi connectivity index (χ4n) is 2.55. The van der Waals surface area contributed by atoms with E-state index in [1.165, 1.54) is 29.8 Å². The van der Waals surface area contributed by atoms with Crippen LogP contribution in [0.3, 0.4) is 0 Å². The maximum Gasteiger partial charge on any atom is 0.303 e. The van der Waals surface area contributed by atoms with Gasteiger partial charge in [-0.1, -0.05) is 35.9 Å². The molecule has 27 heavy (non-hydrogen) atoms. The molecule has 2 aromatic rings. The van der Waals surface area contributed by atoms with E-state index >= 15 is 0 Å². The number of nitrogens with zero attached hydrogens (tertiary/aromatic N) is 2. The third-order valence-corrected chi connectivity index (χ3v) is 6.33. The predicted molar refractivity (Wildman–Crippen MR) is 110 cm³/mol. The van der Waals surface area contributed by atoms with Crippen molar-refractivity contribution >= 4 is 27.5 Å². The molecular formula is C19H26ClN3O3S. The quantitative estimate of drug-likeness (QED) is 0.621. The van der Waals surface area contributed by atoms with Crippen molar-refractivity contribution < 1.29 is 13.5 Å². The largest absolute Gasteiger partial charge is 0.387 e. The van der Waals surface area contributed by atoms with Crippen molar-refractivity contribution in [2.75, 3.05) is 38.5 Å². The molecule has 1 atom stereocenters. The SMILES string of the molecule is CN(C)S(=O)(=O)N(C)c1ccc(CCNC[C@H](O)c2cccc(Cl)c2)cc1. The summed E-state index contributed by atoms with van der Waals surface area (Å²) in [4.78, 5) is 0. The Bertz CT molecular complexity index is 842. The predicted octanol–water partition coefficient (Wildman–Crippen LogP) is 2.45. The molecule has 8 heteroatoms. The number of anilines is 1. The van der Waals surface area contributed by atoms with Gasteiger partial charge in [0.05, 0.1) is 11.8 Å². The lowest BCUT2D eigenvalue weighted by molar-refractivity contribution is 0.175. The number of hydrogen-bond donors (Lipinski definition) is 2. The topological polar surface area (TPSA) is 72.9 Å². The van der Waals surface area contributed by atoms with E-state index in [4.69, 9.17) is 11.6 Å². The lowest BCUT2D eigenvalue weighted by Gasteiger charge is -2.23. The number of aliphatic hydroxyl groups excluding tert-OH is 1. The number of hydrogen-bond acceptors (Lipinski definition) is 4. The van der Waals surface area contributed by atoms with Gasteiger partial charge in [-0.05, 0) is 48.4 Å². The van der Waals surface area contributed by atoms with Crippen LogP contribution in [0.25, 0.3) is 0 Å². The molecule has 0 aliphatic carbocycles. The van der Waals surface area contributed by atoms with Gasteiger partial charge in [0.2, 0.25) is 0 Å². The van der Waals surface area contributed by atoms with Gasteiger partial charge in [0.15, 0.2) is 0 Å². The first-order chi connectivity index (χ1) is 12.7. The Morgan fingerprint density at radius 3 is 2.37 bits per heavy atom. The normalized spacial score (nSPS) is 13.0. The van der Waals surface area contributed by atoms with Crippen molar-refractivity contribution in [3.05, 3.63) is 64.7 Å². The van der Waals surface area contributed by atoms with Crippen LogP contribution in [0.4, 0.5) is 5.69 Å². The highest BCUT2D eigenvalue weighted by atomic mass is 35.5. The van der Waals surface area contributed by atoms with Gasteiger partial charge in [-0.3, -0.25) is 4.31 Å². The molecule has 2 aromatic carbocycles. The maximum atomic E-state index is 12.1. The van der Waals surface area contributed by atoms with E-state index in [1.54, 1.807) is 24.3 Å². The third-order valence-electron chi connectivity index (χ3n) is 4.27. The number of benzene rings is 2. The second-order valence-electron chi connectivity index (χ2n) is 6.45. The molecule has 0 bridgehead atoms. The number of halogens is 1. The summed E-state index contributed by atoms with van der Waals surface area (Å²) in [6, 6.07) is 14.6. The summed E-state index contributed by atoms with van der Waals surface area (Å²) < 4.78 is 26.7. The molecule has 2 rings (SSSR count). The van der Waals surface area contributed by atoms with Gasteiger partial charge in [-0.2, -0.15) is 12.7 Å².